The summed E-state index contributed by atoms with van der Waals surface area (Å²) in [6.07, 6.45) is 0.218. The van der Waals surface area contributed by atoms with E-state index in [1.807, 2.05) is 5.38 Å². The van der Waals surface area contributed by atoms with Gasteiger partial charge in [-0.3, -0.25) is 9.59 Å². The zero-order chi connectivity index (χ0) is 19.4. The van der Waals surface area contributed by atoms with Gasteiger partial charge < -0.3 is 25.2 Å². The number of carbonyl (C=O) groups excluding carboxylic acids is 2. The van der Waals surface area contributed by atoms with E-state index in [0.717, 1.165) is 0 Å². The Bertz CT molecular complexity index is 849. The number of amides is 2. The molecule has 8 nitrogen and oxygen atoms in total. The number of ether oxygens (including phenoxy) is 1. The molecule has 1 aliphatic rings. The van der Waals surface area contributed by atoms with Crippen molar-refractivity contribution < 1.29 is 24.5 Å². The summed E-state index contributed by atoms with van der Waals surface area (Å²) in [7, 11) is 0. The van der Waals surface area contributed by atoms with E-state index >= 15 is 0 Å². The Balaban J connectivity index is 1.66. The van der Waals surface area contributed by atoms with Gasteiger partial charge in [0, 0.05) is 31.5 Å². The Kier molecular flexibility index (Phi) is 6.19. The van der Waals surface area contributed by atoms with Gasteiger partial charge in [-0.25, -0.2) is 4.98 Å². The average molecular weight is 409 g/mol. The SMILES string of the molecule is CC(=O)Nc1cc(O)c(Sc2nc(CC(=O)N3CCOCC3)cs2)cc1O. The molecule has 3 N–H and O–H groups in total. The van der Waals surface area contributed by atoms with Gasteiger partial charge in [0.05, 0.1) is 35.9 Å². The number of rotatable bonds is 5. The molecular formula is C17H19N3O5S2. The van der Waals surface area contributed by atoms with E-state index in [4.69, 9.17) is 4.74 Å². The lowest BCUT2D eigenvalue weighted by molar-refractivity contribution is -0.134. The first-order valence-electron chi connectivity index (χ1n) is 8.23. The molecule has 0 radical (unpaired) electrons. The highest BCUT2D eigenvalue weighted by molar-refractivity contribution is 8.01. The number of nitrogens with zero attached hydrogens (tertiary/aromatic N) is 2. The maximum absolute atomic E-state index is 12.3. The van der Waals surface area contributed by atoms with E-state index in [1.54, 1.807) is 4.90 Å². The van der Waals surface area contributed by atoms with Crippen LogP contribution in [0.4, 0.5) is 5.69 Å². The Morgan fingerprint density at radius 1 is 1.30 bits per heavy atom. The summed E-state index contributed by atoms with van der Waals surface area (Å²) in [6.45, 7) is 3.62. The van der Waals surface area contributed by atoms with Gasteiger partial charge in [0.15, 0.2) is 4.34 Å². The van der Waals surface area contributed by atoms with Crippen molar-refractivity contribution in [2.24, 2.45) is 0 Å². The number of morpholine rings is 1. The third kappa shape index (κ3) is 5.12. The minimum Gasteiger partial charge on any atom is -0.507 e. The van der Waals surface area contributed by atoms with Crippen molar-refractivity contribution in [1.29, 1.82) is 0 Å². The van der Waals surface area contributed by atoms with Gasteiger partial charge in [0.1, 0.15) is 11.5 Å². The minimum atomic E-state index is -0.348. The highest BCUT2D eigenvalue weighted by Gasteiger charge is 2.19. The molecule has 1 aliphatic heterocycles. The molecule has 2 amide bonds. The number of nitrogens with one attached hydrogen (secondary N) is 1. The molecular weight excluding hydrogens is 390 g/mol. The van der Waals surface area contributed by atoms with E-state index in [-0.39, 0.29) is 35.4 Å². The highest BCUT2D eigenvalue weighted by Crippen LogP contribution is 2.41. The Hall–Kier alpha value is -2.30. The van der Waals surface area contributed by atoms with Gasteiger partial charge in [-0.05, 0) is 6.07 Å². The number of hydrogen-bond donors (Lipinski definition) is 3. The van der Waals surface area contributed by atoms with Gasteiger partial charge >= 0.3 is 0 Å². The van der Waals surface area contributed by atoms with Crippen molar-refractivity contribution in [3.63, 3.8) is 0 Å². The smallest absolute Gasteiger partial charge is 0.228 e. The van der Waals surface area contributed by atoms with Crippen LogP contribution >= 0.6 is 23.1 Å². The Morgan fingerprint density at radius 2 is 2.04 bits per heavy atom. The van der Waals surface area contributed by atoms with Crippen LogP contribution in [0.3, 0.4) is 0 Å². The number of hydrogen-bond acceptors (Lipinski definition) is 8. The topological polar surface area (TPSA) is 112 Å². The van der Waals surface area contributed by atoms with E-state index in [2.05, 4.69) is 10.3 Å². The summed E-state index contributed by atoms with van der Waals surface area (Å²) in [4.78, 5) is 30.0. The first-order valence-corrected chi connectivity index (χ1v) is 9.93. The van der Waals surface area contributed by atoms with Gasteiger partial charge in [-0.2, -0.15) is 0 Å². The fraction of sp³-hybridized carbons (Fsp3) is 0.353. The number of thiazole rings is 1. The lowest BCUT2D eigenvalue weighted by Crippen LogP contribution is -2.41. The standard InChI is InChI=1S/C17H19N3O5S2/c1-10(21)18-12-7-14(23)15(8-13(12)22)27-17-19-11(9-26-17)6-16(24)20-2-4-25-5-3-20/h7-9,22-23H,2-6H2,1H3,(H,18,21). The normalized spacial score (nSPS) is 14.2. The molecule has 2 heterocycles. The minimum absolute atomic E-state index is 0.0142. The van der Waals surface area contributed by atoms with Crippen LogP contribution in [0, 0.1) is 0 Å². The zero-order valence-corrected chi connectivity index (χ0v) is 16.2. The molecule has 0 aliphatic carbocycles. The van der Waals surface area contributed by atoms with Crippen molar-refractivity contribution in [2.45, 2.75) is 22.6 Å². The predicted octanol–water partition coefficient (Wildman–Crippen LogP) is 2.07. The van der Waals surface area contributed by atoms with Crippen LogP contribution in [0.2, 0.25) is 0 Å². The molecule has 1 fully saturated rings. The first kappa shape index (κ1) is 19.5. The molecule has 0 saturated carbocycles. The maximum atomic E-state index is 12.3. The number of aromatic nitrogens is 1. The van der Waals surface area contributed by atoms with Gasteiger partial charge in [0.25, 0.3) is 0 Å². The maximum Gasteiger partial charge on any atom is 0.228 e. The Labute approximate surface area is 164 Å². The highest BCUT2D eigenvalue weighted by atomic mass is 32.2. The van der Waals surface area contributed by atoms with E-state index < -0.39 is 0 Å². The van der Waals surface area contributed by atoms with Gasteiger partial charge in [0.2, 0.25) is 11.8 Å². The molecule has 0 spiro atoms. The summed E-state index contributed by atoms with van der Waals surface area (Å²) in [6, 6.07) is 2.65. The number of phenolic OH excluding ortho intramolecular Hbond substituents is 2. The van der Waals surface area contributed by atoms with Crippen LogP contribution in [0.15, 0.2) is 26.7 Å². The van der Waals surface area contributed by atoms with Crippen LogP contribution in [0.5, 0.6) is 11.5 Å². The van der Waals surface area contributed by atoms with Crippen molar-refractivity contribution in [1.82, 2.24) is 9.88 Å². The quantitative estimate of drug-likeness (QED) is 0.512. The molecule has 3 rings (SSSR count). The molecule has 0 atom stereocenters. The fourth-order valence-corrected chi connectivity index (χ4v) is 4.35. The molecule has 10 heteroatoms. The van der Waals surface area contributed by atoms with Crippen LogP contribution in [-0.4, -0.2) is 58.2 Å². The first-order chi connectivity index (χ1) is 12.9. The van der Waals surface area contributed by atoms with E-state index in [9.17, 15) is 19.8 Å². The second-order valence-electron chi connectivity index (χ2n) is 5.90. The predicted molar refractivity (Wildman–Crippen MR) is 101 cm³/mol. The number of phenols is 2. The van der Waals surface area contributed by atoms with Crippen molar-refractivity contribution in [3.8, 4) is 11.5 Å². The monoisotopic (exact) mass is 409 g/mol. The van der Waals surface area contributed by atoms with E-state index in [1.165, 1.54) is 42.2 Å². The lowest BCUT2D eigenvalue weighted by Gasteiger charge is -2.26. The molecule has 1 saturated heterocycles. The van der Waals surface area contributed by atoms with Crippen LogP contribution in [0.1, 0.15) is 12.6 Å². The summed E-state index contributed by atoms with van der Waals surface area (Å²) in [5.74, 6) is -0.563. The second kappa shape index (κ2) is 8.59. The second-order valence-corrected chi connectivity index (χ2v) is 8.04. The largest absolute Gasteiger partial charge is 0.507 e. The van der Waals surface area contributed by atoms with Crippen LogP contribution in [-0.2, 0) is 20.7 Å². The van der Waals surface area contributed by atoms with Crippen molar-refractivity contribution >= 4 is 40.6 Å². The molecule has 27 heavy (non-hydrogen) atoms. The number of anilines is 1. The number of benzene rings is 1. The molecule has 2 aromatic rings. The molecule has 0 bridgehead atoms. The van der Waals surface area contributed by atoms with Crippen molar-refractivity contribution in [2.75, 3.05) is 31.6 Å². The van der Waals surface area contributed by atoms with Crippen molar-refractivity contribution in [3.05, 3.63) is 23.2 Å². The van der Waals surface area contributed by atoms with Crippen LogP contribution in [0.25, 0.3) is 0 Å². The fourth-order valence-electron chi connectivity index (χ4n) is 2.52. The molecule has 1 aromatic heterocycles. The molecule has 144 valence electrons. The summed E-state index contributed by atoms with van der Waals surface area (Å²) in [5, 5.41) is 24.4. The number of aromatic hydroxyl groups is 2. The third-order valence-electron chi connectivity index (χ3n) is 3.81. The third-order valence-corrected chi connectivity index (χ3v) is 5.85. The summed E-state index contributed by atoms with van der Waals surface area (Å²) >= 11 is 2.54. The number of carbonyl (C=O) groups is 2. The van der Waals surface area contributed by atoms with Gasteiger partial charge in [-0.15, -0.1) is 11.3 Å². The van der Waals surface area contributed by atoms with Gasteiger partial charge in [-0.1, -0.05) is 11.8 Å². The lowest BCUT2D eigenvalue weighted by atomic mass is 10.2. The Morgan fingerprint density at radius 3 is 2.74 bits per heavy atom. The van der Waals surface area contributed by atoms with E-state index in [0.29, 0.717) is 41.2 Å². The summed E-state index contributed by atoms with van der Waals surface area (Å²) < 4.78 is 5.88. The molecule has 1 aromatic carbocycles. The van der Waals surface area contributed by atoms with Crippen LogP contribution < -0.4 is 5.32 Å². The molecule has 0 unspecified atom stereocenters. The summed E-state index contributed by atoms with van der Waals surface area (Å²) in [5.41, 5.74) is 0.804. The average Bonchev–Trinajstić information content (AvgIpc) is 3.06. The zero-order valence-electron chi connectivity index (χ0n) is 14.6.